The maximum Gasteiger partial charge on any atom is 0.164 e. The summed E-state index contributed by atoms with van der Waals surface area (Å²) in [6.45, 7) is 0.333. The average molecular weight is 294 g/mol. The van der Waals surface area contributed by atoms with Gasteiger partial charge in [-0.2, -0.15) is 0 Å². The van der Waals surface area contributed by atoms with Gasteiger partial charge in [0.2, 0.25) is 0 Å². The lowest BCUT2D eigenvalue weighted by molar-refractivity contribution is 0.302. The van der Waals surface area contributed by atoms with E-state index in [2.05, 4.69) is 0 Å². The molecule has 106 valence electrons. The minimum absolute atomic E-state index is 0.333. The first-order valence-corrected chi connectivity index (χ1v) is 6.41. The molecule has 5 heteroatoms. The molecule has 2 aromatic carbocycles. The Kier molecular flexibility index (Phi) is 4.58. The minimum atomic E-state index is 0.333. The molecule has 0 spiro atoms. The maximum atomic E-state index is 6.08. The lowest BCUT2D eigenvalue weighted by atomic mass is 10.2. The summed E-state index contributed by atoms with van der Waals surface area (Å²) in [7, 11) is 3.12. The molecule has 0 aliphatic heterocycles. The van der Waals surface area contributed by atoms with Gasteiger partial charge in [-0.1, -0.05) is 29.8 Å². The number of hydrogen-bond acceptors (Lipinski definition) is 4. The largest absolute Gasteiger partial charge is 0.493 e. The van der Waals surface area contributed by atoms with Crippen LogP contribution in [0.15, 0.2) is 36.4 Å². The summed E-state index contributed by atoms with van der Waals surface area (Å²) in [5, 5.41) is 0.659. The molecular weight excluding hydrogens is 278 g/mol. The van der Waals surface area contributed by atoms with E-state index in [0.717, 1.165) is 5.56 Å². The number of benzene rings is 2. The molecule has 0 amide bonds. The number of anilines is 1. The topological polar surface area (TPSA) is 53.7 Å². The molecule has 0 fully saturated rings. The fourth-order valence-corrected chi connectivity index (χ4v) is 1.96. The Bertz CT molecular complexity index is 602. The van der Waals surface area contributed by atoms with Crippen molar-refractivity contribution >= 4 is 17.3 Å². The molecule has 20 heavy (non-hydrogen) atoms. The first kappa shape index (κ1) is 14.3. The zero-order chi connectivity index (χ0) is 14.5. The van der Waals surface area contributed by atoms with Crippen LogP contribution < -0.4 is 19.9 Å². The Balaban J connectivity index is 2.19. The molecule has 0 saturated heterocycles. The average Bonchev–Trinajstić information content (AvgIpc) is 2.47. The molecule has 0 saturated carbocycles. The molecule has 0 atom stereocenters. The van der Waals surface area contributed by atoms with E-state index in [-0.39, 0.29) is 0 Å². The summed E-state index contributed by atoms with van der Waals surface area (Å²) in [6.07, 6.45) is 0. The van der Waals surface area contributed by atoms with Crippen LogP contribution in [-0.2, 0) is 6.61 Å². The van der Waals surface area contributed by atoms with Crippen molar-refractivity contribution in [2.75, 3.05) is 20.0 Å². The standard InChI is InChI=1S/C15H16ClNO3/c1-18-14-7-12(17)13(8-15(14)19-2)20-9-10-5-3-4-6-11(10)16/h3-8H,9,17H2,1-2H3. The summed E-state index contributed by atoms with van der Waals surface area (Å²) < 4.78 is 16.1. The lowest BCUT2D eigenvalue weighted by Gasteiger charge is -2.14. The molecule has 0 radical (unpaired) electrons. The van der Waals surface area contributed by atoms with Crippen molar-refractivity contribution in [1.29, 1.82) is 0 Å². The van der Waals surface area contributed by atoms with Crippen LogP contribution in [0.25, 0.3) is 0 Å². The highest BCUT2D eigenvalue weighted by atomic mass is 35.5. The van der Waals surface area contributed by atoms with Gasteiger partial charge in [0.1, 0.15) is 12.4 Å². The van der Waals surface area contributed by atoms with Crippen molar-refractivity contribution in [1.82, 2.24) is 0 Å². The van der Waals surface area contributed by atoms with E-state index in [1.807, 2.05) is 24.3 Å². The molecule has 0 heterocycles. The first-order valence-electron chi connectivity index (χ1n) is 6.03. The molecule has 0 bridgehead atoms. The van der Waals surface area contributed by atoms with E-state index in [9.17, 15) is 0 Å². The van der Waals surface area contributed by atoms with Crippen molar-refractivity contribution in [3.63, 3.8) is 0 Å². The fraction of sp³-hybridized carbons (Fsp3) is 0.200. The summed E-state index contributed by atoms with van der Waals surface area (Å²) in [5.74, 6) is 1.66. The molecule has 2 rings (SSSR count). The van der Waals surface area contributed by atoms with Gasteiger partial charge in [0.15, 0.2) is 11.5 Å². The highest BCUT2D eigenvalue weighted by Gasteiger charge is 2.10. The molecule has 0 unspecified atom stereocenters. The van der Waals surface area contributed by atoms with Gasteiger partial charge in [-0.05, 0) is 6.07 Å². The lowest BCUT2D eigenvalue weighted by Crippen LogP contribution is -2.01. The number of halogens is 1. The molecular formula is C15H16ClNO3. The Morgan fingerprint density at radius 2 is 1.65 bits per heavy atom. The van der Waals surface area contributed by atoms with Gasteiger partial charge in [0.05, 0.1) is 19.9 Å². The first-order chi connectivity index (χ1) is 9.65. The predicted octanol–water partition coefficient (Wildman–Crippen LogP) is 3.52. The molecule has 2 N–H and O–H groups in total. The maximum absolute atomic E-state index is 6.08. The Morgan fingerprint density at radius 3 is 2.30 bits per heavy atom. The Morgan fingerprint density at radius 1 is 1.00 bits per heavy atom. The van der Waals surface area contributed by atoms with Gasteiger partial charge < -0.3 is 19.9 Å². The predicted molar refractivity (Wildman–Crippen MR) is 79.7 cm³/mol. The highest BCUT2D eigenvalue weighted by Crippen LogP contribution is 2.36. The fourth-order valence-electron chi connectivity index (χ4n) is 1.77. The third-order valence-electron chi connectivity index (χ3n) is 2.86. The molecule has 4 nitrogen and oxygen atoms in total. The summed E-state index contributed by atoms with van der Waals surface area (Å²) in [6, 6.07) is 10.9. The summed E-state index contributed by atoms with van der Waals surface area (Å²) >= 11 is 6.08. The van der Waals surface area contributed by atoms with E-state index >= 15 is 0 Å². The molecule has 0 aliphatic rings. The van der Waals surface area contributed by atoms with Crippen molar-refractivity contribution in [3.8, 4) is 17.2 Å². The third-order valence-corrected chi connectivity index (χ3v) is 3.23. The number of hydrogen-bond donors (Lipinski definition) is 1. The summed E-state index contributed by atoms with van der Waals surface area (Å²) in [5.41, 5.74) is 7.30. The molecule has 0 aliphatic carbocycles. The Hall–Kier alpha value is -2.07. The van der Waals surface area contributed by atoms with Crippen LogP contribution in [-0.4, -0.2) is 14.2 Å². The van der Waals surface area contributed by atoms with Crippen molar-refractivity contribution < 1.29 is 14.2 Å². The van der Waals surface area contributed by atoms with Crippen LogP contribution in [0.3, 0.4) is 0 Å². The number of ether oxygens (including phenoxy) is 3. The zero-order valence-electron chi connectivity index (χ0n) is 11.4. The van der Waals surface area contributed by atoms with E-state index in [0.29, 0.717) is 34.6 Å². The quantitative estimate of drug-likeness (QED) is 0.857. The smallest absolute Gasteiger partial charge is 0.164 e. The second kappa shape index (κ2) is 6.39. The summed E-state index contributed by atoms with van der Waals surface area (Å²) in [4.78, 5) is 0. The van der Waals surface area contributed by atoms with Crippen LogP contribution >= 0.6 is 11.6 Å². The molecule has 2 aromatic rings. The van der Waals surface area contributed by atoms with Crippen LogP contribution in [0.4, 0.5) is 5.69 Å². The van der Waals surface area contributed by atoms with Crippen LogP contribution in [0.2, 0.25) is 5.02 Å². The van der Waals surface area contributed by atoms with Crippen molar-refractivity contribution in [2.45, 2.75) is 6.61 Å². The minimum Gasteiger partial charge on any atom is -0.493 e. The van der Waals surface area contributed by atoms with E-state index in [1.54, 1.807) is 26.4 Å². The van der Waals surface area contributed by atoms with Gasteiger partial charge in [0, 0.05) is 22.7 Å². The van der Waals surface area contributed by atoms with Gasteiger partial charge in [-0.15, -0.1) is 0 Å². The van der Waals surface area contributed by atoms with Crippen LogP contribution in [0, 0.1) is 0 Å². The number of nitrogen functional groups attached to an aromatic ring is 1. The monoisotopic (exact) mass is 293 g/mol. The number of rotatable bonds is 5. The SMILES string of the molecule is COc1cc(N)c(OCc2ccccc2Cl)cc1OC. The van der Waals surface area contributed by atoms with Gasteiger partial charge in [0.25, 0.3) is 0 Å². The van der Waals surface area contributed by atoms with Crippen molar-refractivity contribution in [3.05, 3.63) is 47.0 Å². The van der Waals surface area contributed by atoms with Gasteiger partial charge in [-0.25, -0.2) is 0 Å². The number of nitrogens with two attached hydrogens (primary N) is 1. The molecule has 0 aromatic heterocycles. The Labute approximate surface area is 123 Å². The highest BCUT2D eigenvalue weighted by molar-refractivity contribution is 6.31. The van der Waals surface area contributed by atoms with E-state index in [1.165, 1.54) is 0 Å². The van der Waals surface area contributed by atoms with Crippen LogP contribution in [0.5, 0.6) is 17.2 Å². The second-order valence-electron chi connectivity index (χ2n) is 4.13. The third kappa shape index (κ3) is 3.08. The van der Waals surface area contributed by atoms with Crippen molar-refractivity contribution in [2.24, 2.45) is 0 Å². The van der Waals surface area contributed by atoms with Crippen LogP contribution in [0.1, 0.15) is 5.56 Å². The van der Waals surface area contributed by atoms with Gasteiger partial charge in [-0.3, -0.25) is 0 Å². The van der Waals surface area contributed by atoms with E-state index < -0.39 is 0 Å². The van der Waals surface area contributed by atoms with E-state index in [4.69, 9.17) is 31.5 Å². The second-order valence-corrected chi connectivity index (χ2v) is 4.53. The van der Waals surface area contributed by atoms with Gasteiger partial charge >= 0.3 is 0 Å². The normalized spacial score (nSPS) is 10.2. The zero-order valence-corrected chi connectivity index (χ0v) is 12.1. The number of methoxy groups -OCH3 is 2.